The van der Waals surface area contributed by atoms with Crippen molar-refractivity contribution in [2.75, 3.05) is 54.9 Å². The van der Waals surface area contributed by atoms with E-state index in [9.17, 15) is 4.79 Å². The predicted octanol–water partition coefficient (Wildman–Crippen LogP) is 6.13. The zero-order valence-electron chi connectivity index (χ0n) is 18.9. The number of piperazine rings is 1. The van der Waals surface area contributed by atoms with Crippen LogP contribution < -0.4 is 19.9 Å². The molecule has 0 atom stereocenters. The molecule has 3 aromatic carbocycles. The van der Waals surface area contributed by atoms with Crippen molar-refractivity contribution in [2.24, 2.45) is 0 Å². The number of anilines is 3. The number of rotatable bonds is 4. The van der Waals surface area contributed by atoms with Gasteiger partial charge in [0.05, 0.1) is 16.4 Å². The summed E-state index contributed by atoms with van der Waals surface area (Å²) in [5.41, 5.74) is 3.73. The number of halogens is 2. The van der Waals surface area contributed by atoms with Gasteiger partial charge in [-0.2, -0.15) is 0 Å². The maximum absolute atomic E-state index is 13.1. The van der Waals surface area contributed by atoms with Gasteiger partial charge in [0.25, 0.3) is 0 Å². The number of carbonyl (C=O) groups excluding carboxylic acids is 1. The molecule has 0 bridgehead atoms. The smallest absolute Gasteiger partial charge is 0.326 e. The van der Waals surface area contributed by atoms with E-state index in [2.05, 4.69) is 28.2 Å². The largest absolute Gasteiger partial charge is 0.457 e. The van der Waals surface area contributed by atoms with Crippen molar-refractivity contribution in [1.29, 1.82) is 0 Å². The minimum atomic E-state index is -0.156. The molecule has 0 radical (unpaired) electrons. The van der Waals surface area contributed by atoms with Gasteiger partial charge in [0.15, 0.2) is 0 Å². The van der Waals surface area contributed by atoms with E-state index in [1.165, 1.54) is 0 Å². The first-order chi connectivity index (χ1) is 16.5. The molecule has 0 saturated carbocycles. The SMILES string of the molecule is CN1CCN(c2cc3c(cc2Cl)CCN3C(=O)Nc2ccc(Oc3ccc(Cl)cc3)cc2)CC1. The minimum absolute atomic E-state index is 0.156. The van der Waals surface area contributed by atoms with E-state index in [-0.39, 0.29) is 6.03 Å². The van der Waals surface area contributed by atoms with E-state index in [4.69, 9.17) is 27.9 Å². The zero-order valence-corrected chi connectivity index (χ0v) is 20.4. The monoisotopic (exact) mass is 496 g/mol. The summed E-state index contributed by atoms with van der Waals surface area (Å²) in [6.45, 7) is 4.46. The molecule has 2 aliphatic heterocycles. The van der Waals surface area contributed by atoms with Crippen LogP contribution in [0.2, 0.25) is 10.0 Å². The third kappa shape index (κ3) is 4.94. The van der Waals surface area contributed by atoms with Gasteiger partial charge in [-0.15, -0.1) is 0 Å². The molecule has 2 amide bonds. The number of amides is 2. The zero-order chi connectivity index (χ0) is 23.7. The molecule has 6 nitrogen and oxygen atoms in total. The molecule has 1 N–H and O–H groups in total. The van der Waals surface area contributed by atoms with Gasteiger partial charge < -0.3 is 19.9 Å². The van der Waals surface area contributed by atoms with Crippen molar-refractivity contribution >= 4 is 46.3 Å². The minimum Gasteiger partial charge on any atom is -0.457 e. The number of ether oxygens (including phenoxy) is 1. The maximum Gasteiger partial charge on any atom is 0.326 e. The number of hydrogen-bond acceptors (Lipinski definition) is 4. The second-order valence-corrected chi connectivity index (χ2v) is 9.48. The summed E-state index contributed by atoms with van der Waals surface area (Å²) >= 11 is 12.5. The number of nitrogens with one attached hydrogen (secondary N) is 1. The summed E-state index contributed by atoms with van der Waals surface area (Å²) in [5.74, 6) is 1.38. The number of benzene rings is 3. The lowest BCUT2D eigenvalue weighted by Gasteiger charge is -2.35. The molecular formula is C26H26Cl2N4O2. The second kappa shape index (κ2) is 9.74. The van der Waals surface area contributed by atoms with Crippen LogP contribution in [0.4, 0.5) is 21.9 Å². The second-order valence-electron chi connectivity index (χ2n) is 8.63. The quantitative estimate of drug-likeness (QED) is 0.471. The number of likely N-dealkylation sites (N-methyl/N-ethyl adjacent to an activating group) is 1. The Morgan fingerprint density at radius 2 is 1.50 bits per heavy atom. The van der Waals surface area contributed by atoms with Crippen LogP contribution in [-0.4, -0.2) is 50.7 Å². The number of hydrogen-bond donors (Lipinski definition) is 1. The van der Waals surface area contributed by atoms with Crippen molar-refractivity contribution in [1.82, 2.24) is 4.90 Å². The first-order valence-electron chi connectivity index (χ1n) is 11.3. The molecule has 2 aliphatic rings. The molecule has 0 unspecified atom stereocenters. The Morgan fingerprint density at radius 1 is 0.853 bits per heavy atom. The van der Waals surface area contributed by atoms with Crippen molar-refractivity contribution in [2.45, 2.75) is 6.42 Å². The van der Waals surface area contributed by atoms with Crippen molar-refractivity contribution < 1.29 is 9.53 Å². The molecule has 1 saturated heterocycles. The van der Waals surface area contributed by atoms with E-state index in [1.54, 1.807) is 17.0 Å². The Hall–Kier alpha value is -2.93. The van der Waals surface area contributed by atoms with Gasteiger partial charge >= 0.3 is 6.03 Å². The third-order valence-electron chi connectivity index (χ3n) is 6.29. The first-order valence-corrected chi connectivity index (χ1v) is 12.1. The van der Waals surface area contributed by atoms with Gasteiger partial charge in [-0.25, -0.2) is 4.79 Å². The number of urea groups is 1. The van der Waals surface area contributed by atoms with Crippen LogP contribution >= 0.6 is 23.2 Å². The Balaban J connectivity index is 1.27. The number of fused-ring (bicyclic) bond motifs is 1. The summed E-state index contributed by atoms with van der Waals surface area (Å²) in [4.78, 5) is 19.5. The first kappa shape index (κ1) is 22.8. The average molecular weight is 497 g/mol. The van der Waals surface area contributed by atoms with Gasteiger partial charge in [-0.1, -0.05) is 23.2 Å². The van der Waals surface area contributed by atoms with E-state index in [0.717, 1.165) is 54.6 Å². The molecule has 5 rings (SSSR count). The lowest BCUT2D eigenvalue weighted by atomic mass is 10.1. The predicted molar refractivity (Wildman–Crippen MR) is 139 cm³/mol. The van der Waals surface area contributed by atoms with Crippen LogP contribution in [0.1, 0.15) is 5.56 Å². The van der Waals surface area contributed by atoms with E-state index in [1.807, 2.05) is 42.5 Å². The van der Waals surface area contributed by atoms with Crippen LogP contribution in [0.15, 0.2) is 60.7 Å². The van der Waals surface area contributed by atoms with Crippen LogP contribution in [-0.2, 0) is 6.42 Å². The molecule has 1 fully saturated rings. The van der Waals surface area contributed by atoms with Crippen LogP contribution in [0, 0.1) is 0 Å². The molecule has 0 spiro atoms. The van der Waals surface area contributed by atoms with Gasteiger partial charge in [0, 0.05) is 43.4 Å². The number of carbonyl (C=O) groups is 1. The van der Waals surface area contributed by atoms with Crippen molar-refractivity contribution in [3.05, 3.63) is 76.3 Å². The van der Waals surface area contributed by atoms with Crippen molar-refractivity contribution in [3.8, 4) is 11.5 Å². The molecular weight excluding hydrogens is 471 g/mol. The normalized spacial score (nSPS) is 15.9. The van der Waals surface area contributed by atoms with Gasteiger partial charge in [0.1, 0.15) is 11.5 Å². The summed E-state index contributed by atoms with van der Waals surface area (Å²) in [6, 6.07) is 18.4. The highest BCUT2D eigenvalue weighted by molar-refractivity contribution is 6.33. The molecule has 8 heteroatoms. The maximum atomic E-state index is 13.1. The fourth-order valence-electron chi connectivity index (χ4n) is 4.33. The van der Waals surface area contributed by atoms with Gasteiger partial charge in [-0.05, 0) is 79.7 Å². The summed E-state index contributed by atoms with van der Waals surface area (Å²) < 4.78 is 5.83. The Morgan fingerprint density at radius 3 is 2.18 bits per heavy atom. The van der Waals surface area contributed by atoms with Crippen LogP contribution in [0.3, 0.4) is 0 Å². The Kier molecular flexibility index (Phi) is 6.55. The topological polar surface area (TPSA) is 48.0 Å². The highest BCUT2D eigenvalue weighted by atomic mass is 35.5. The lowest BCUT2D eigenvalue weighted by Crippen LogP contribution is -2.44. The molecule has 0 aromatic heterocycles. The van der Waals surface area contributed by atoms with Crippen LogP contribution in [0.25, 0.3) is 0 Å². The van der Waals surface area contributed by atoms with E-state index >= 15 is 0 Å². The average Bonchev–Trinajstić information content (AvgIpc) is 3.24. The Labute approximate surface area is 209 Å². The standard InChI is InChI=1S/C26H26Cl2N4O2/c1-30-12-14-31(15-13-30)25-17-24-18(16-23(25)28)10-11-32(24)26(33)29-20-4-8-22(9-5-20)34-21-6-2-19(27)3-7-21/h2-9,16-17H,10-15H2,1H3,(H,29,33). The molecule has 2 heterocycles. The van der Waals surface area contributed by atoms with E-state index in [0.29, 0.717) is 28.8 Å². The summed E-state index contributed by atoms with van der Waals surface area (Å²) in [7, 11) is 2.13. The van der Waals surface area contributed by atoms with Gasteiger partial charge in [0.2, 0.25) is 0 Å². The Bertz CT molecular complexity index is 1180. The lowest BCUT2D eigenvalue weighted by molar-refractivity contribution is 0.257. The summed E-state index contributed by atoms with van der Waals surface area (Å²) in [6.07, 6.45) is 0.791. The fourth-order valence-corrected chi connectivity index (χ4v) is 4.76. The van der Waals surface area contributed by atoms with Gasteiger partial charge in [-0.3, -0.25) is 4.90 Å². The third-order valence-corrected chi connectivity index (χ3v) is 6.84. The fraction of sp³-hybridized carbons (Fsp3) is 0.269. The highest BCUT2D eigenvalue weighted by Crippen LogP contribution is 2.38. The highest BCUT2D eigenvalue weighted by Gasteiger charge is 2.28. The van der Waals surface area contributed by atoms with Crippen LogP contribution in [0.5, 0.6) is 11.5 Å². The number of nitrogens with zero attached hydrogens (tertiary/aromatic N) is 3. The molecule has 3 aromatic rings. The molecule has 176 valence electrons. The molecule has 0 aliphatic carbocycles. The summed E-state index contributed by atoms with van der Waals surface area (Å²) in [5, 5.41) is 4.41. The van der Waals surface area contributed by atoms with Crippen molar-refractivity contribution in [3.63, 3.8) is 0 Å². The molecule has 34 heavy (non-hydrogen) atoms. The van der Waals surface area contributed by atoms with E-state index < -0.39 is 0 Å².